The Hall–Kier alpha value is -2.56. The molecule has 2 heterocycles. The minimum atomic E-state index is -0.0572. The van der Waals surface area contributed by atoms with E-state index >= 15 is 0 Å². The Morgan fingerprint density at radius 1 is 1.24 bits per heavy atom. The lowest BCUT2D eigenvalue weighted by molar-refractivity contribution is -0.116. The summed E-state index contributed by atoms with van der Waals surface area (Å²) in [5.41, 5.74) is 3.07. The number of anilines is 2. The van der Waals surface area contributed by atoms with Gasteiger partial charge in [0.1, 0.15) is 5.75 Å². The summed E-state index contributed by atoms with van der Waals surface area (Å²) in [6, 6.07) is 9.80. The van der Waals surface area contributed by atoms with Crippen LogP contribution in [0.5, 0.6) is 5.75 Å². The number of benzene rings is 1. The van der Waals surface area contributed by atoms with Crippen molar-refractivity contribution in [1.82, 2.24) is 4.98 Å². The first kappa shape index (κ1) is 17.3. The van der Waals surface area contributed by atoms with Gasteiger partial charge in [-0.25, -0.2) is 4.98 Å². The molecule has 0 bridgehead atoms. The molecule has 1 aromatic carbocycles. The molecule has 5 nitrogen and oxygen atoms in total. The first-order valence-electron chi connectivity index (χ1n) is 8.83. The van der Waals surface area contributed by atoms with Crippen LogP contribution in [0.3, 0.4) is 0 Å². The minimum Gasteiger partial charge on any atom is -0.493 e. The first-order valence-corrected chi connectivity index (χ1v) is 8.83. The van der Waals surface area contributed by atoms with Crippen LogP contribution in [0, 0.1) is 13.8 Å². The summed E-state index contributed by atoms with van der Waals surface area (Å²) in [7, 11) is 0. The number of hydrogen-bond acceptors (Lipinski definition) is 4. The average molecular weight is 339 g/mol. The summed E-state index contributed by atoms with van der Waals surface area (Å²) in [6.07, 6.45) is 4.43. The van der Waals surface area contributed by atoms with E-state index in [1.807, 2.05) is 31.2 Å². The molecule has 1 aromatic heterocycles. The molecule has 0 aliphatic carbocycles. The zero-order valence-electron chi connectivity index (χ0n) is 14.9. The Balaban J connectivity index is 1.54. The smallest absolute Gasteiger partial charge is 0.227 e. The van der Waals surface area contributed by atoms with Gasteiger partial charge in [-0.2, -0.15) is 0 Å². The van der Waals surface area contributed by atoms with E-state index in [1.54, 1.807) is 6.20 Å². The first-order chi connectivity index (χ1) is 12.1. The van der Waals surface area contributed by atoms with Crippen LogP contribution in [0.25, 0.3) is 0 Å². The lowest BCUT2D eigenvalue weighted by Gasteiger charge is -2.20. The Morgan fingerprint density at radius 3 is 2.80 bits per heavy atom. The zero-order chi connectivity index (χ0) is 17.6. The fraction of sp³-hybridized carbons (Fsp3) is 0.400. The molecule has 0 spiro atoms. The molecule has 1 amide bonds. The van der Waals surface area contributed by atoms with Crippen LogP contribution >= 0.6 is 0 Å². The largest absolute Gasteiger partial charge is 0.493 e. The molecule has 25 heavy (non-hydrogen) atoms. The Bertz CT molecular complexity index is 739. The maximum atomic E-state index is 12.3. The van der Waals surface area contributed by atoms with Crippen LogP contribution in [-0.2, 0) is 4.79 Å². The number of aromatic nitrogens is 1. The zero-order valence-corrected chi connectivity index (χ0v) is 14.9. The molecule has 1 fully saturated rings. The third-order valence-corrected chi connectivity index (χ3v) is 4.38. The predicted molar refractivity (Wildman–Crippen MR) is 100 cm³/mol. The van der Waals surface area contributed by atoms with E-state index in [0.29, 0.717) is 13.0 Å². The van der Waals surface area contributed by atoms with Crippen LogP contribution in [0.15, 0.2) is 36.5 Å². The highest BCUT2D eigenvalue weighted by Gasteiger charge is 2.17. The van der Waals surface area contributed by atoms with Gasteiger partial charge in [0.25, 0.3) is 0 Å². The van der Waals surface area contributed by atoms with Gasteiger partial charge in [0.15, 0.2) is 5.82 Å². The molecular formula is C20H25N3O2. The molecule has 0 radical (unpaired) electrons. The van der Waals surface area contributed by atoms with Crippen molar-refractivity contribution in [1.29, 1.82) is 0 Å². The summed E-state index contributed by atoms with van der Waals surface area (Å²) < 4.78 is 5.74. The predicted octanol–water partition coefficient (Wildman–Crippen LogP) is 3.71. The molecule has 5 heteroatoms. The number of amides is 1. The molecule has 0 atom stereocenters. The number of nitrogens with one attached hydrogen (secondary N) is 1. The molecule has 3 rings (SSSR count). The van der Waals surface area contributed by atoms with Crippen molar-refractivity contribution in [3.8, 4) is 5.75 Å². The minimum absolute atomic E-state index is 0.0572. The van der Waals surface area contributed by atoms with Crippen molar-refractivity contribution in [2.45, 2.75) is 33.1 Å². The maximum absolute atomic E-state index is 12.3. The van der Waals surface area contributed by atoms with Gasteiger partial charge in [0.05, 0.1) is 18.7 Å². The number of pyridine rings is 1. The lowest BCUT2D eigenvalue weighted by atomic mass is 10.1. The summed E-state index contributed by atoms with van der Waals surface area (Å²) in [4.78, 5) is 18.9. The highest BCUT2D eigenvalue weighted by molar-refractivity contribution is 5.93. The van der Waals surface area contributed by atoms with E-state index in [1.165, 1.54) is 18.4 Å². The van der Waals surface area contributed by atoms with E-state index in [0.717, 1.165) is 35.9 Å². The van der Waals surface area contributed by atoms with Crippen molar-refractivity contribution in [2.75, 3.05) is 29.9 Å². The van der Waals surface area contributed by atoms with E-state index in [-0.39, 0.29) is 5.91 Å². The highest BCUT2D eigenvalue weighted by Crippen LogP contribution is 2.26. The van der Waals surface area contributed by atoms with Gasteiger partial charge >= 0.3 is 0 Å². The van der Waals surface area contributed by atoms with Crippen LogP contribution in [0.4, 0.5) is 11.5 Å². The highest BCUT2D eigenvalue weighted by atomic mass is 16.5. The van der Waals surface area contributed by atoms with Crippen molar-refractivity contribution in [2.24, 2.45) is 0 Å². The number of aryl methyl sites for hydroxylation is 2. The third-order valence-electron chi connectivity index (χ3n) is 4.38. The molecule has 1 N–H and O–H groups in total. The number of rotatable bonds is 6. The molecule has 1 aliphatic heterocycles. The number of nitrogens with zero attached hydrogens (tertiary/aromatic N) is 2. The van der Waals surface area contributed by atoms with Gasteiger partial charge < -0.3 is 15.0 Å². The summed E-state index contributed by atoms with van der Waals surface area (Å²) in [6.45, 7) is 6.41. The molecule has 0 unspecified atom stereocenters. The van der Waals surface area contributed by atoms with Gasteiger partial charge in [-0.05, 0) is 50.5 Å². The quantitative estimate of drug-likeness (QED) is 0.872. The molecule has 1 saturated heterocycles. The SMILES string of the molecule is Cc1ccc(OCCC(=O)Nc2cccnc2N2CCCC2)c(C)c1. The Kier molecular flexibility index (Phi) is 5.53. The third kappa shape index (κ3) is 4.50. The van der Waals surface area contributed by atoms with Crippen LogP contribution < -0.4 is 15.0 Å². The van der Waals surface area contributed by atoms with Gasteiger partial charge in [0.2, 0.25) is 5.91 Å². The van der Waals surface area contributed by atoms with Crippen molar-refractivity contribution in [3.05, 3.63) is 47.7 Å². The molecule has 1 aliphatic rings. The maximum Gasteiger partial charge on any atom is 0.227 e. The second kappa shape index (κ2) is 8.01. The average Bonchev–Trinajstić information content (AvgIpc) is 3.12. The van der Waals surface area contributed by atoms with Gasteiger partial charge in [-0.1, -0.05) is 17.7 Å². The van der Waals surface area contributed by atoms with Gasteiger partial charge in [-0.3, -0.25) is 4.79 Å². The number of carbonyl (C=O) groups excluding carboxylic acids is 1. The fourth-order valence-corrected chi connectivity index (χ4v) is 3.10. The molecule has 2 aromatic rings. The summed E-state index contributed by atoms with van der Waals surface area (Å²) in [5.74, 6) is 1.64. The normalized spacial score (nSPS) is 13.8. The number of ether oxygens (including phenoxy) is 1. The van der Waals surface area contributed by atoms with E-state index in [9.17, 15) is 4.79 Å². The van der Waals surface area contributed by atoms with Gasteiger partial charge in [-0.15, -0.1) is 0 Å². The van der Waals surface area contributed by atoms with Crippen LogP contribution in [-0.4, -0.2) is 30.6 Å². The fourth-order valence-electron chi connectivity index (χ4n) is 3.10. The standard InChI is InChI=1S/C20H25N3O2/c1-15-7-8-18(16(2)14-15)25-13-9-19(24)22-17-6-5-10-21-20(17)23-11-3-4-12-23/h5-8,10,14H,3-4,9,11-13H2,1-2H3,(H,22,24). The summed E-state index contributed by atoms with van der Waals surface area (Å²) >= 11 is 0. The Morgan fingerprint density at radius 2 is 2.04 bits per heavy atom. The van der Waals surface area contributed by atoms with Crippen LogP contribution in [0.2, 0.25) is 0 Å². The number of carbonyl (C=O) groups is 1. The van der Waals surface area contributed by atoms with Crippen molar-refractivity contribution >= 4 is 17.4 Å². The van der Waals surface area contributed by atoms with E-state index < -0.39 is 0 Å². The van der Waals surface area contributed by atoms with E-state index in [2.05, 4.69) is 28.2 Å². The monoisotopic (exact) mass is 339 g/mol. The lowest BCUT2D eigenvalue weighted by Crippen LogP contribution is -2.22. The Labute approximate surface area is 149 Å². The topological polar surface area (TPSA) is 54.5 Å². The second-order valence-electron chi connectivity index (χ2n) is 6.48. The van der Waals surface area contributed by atoms with Crippen molar-refractivity contribution in [3.63, 3.8) is 0 Å². The second-order valence-corrected chi connectivity index (χ2v) is 6.48. The molecule has 0 saturated carbocycles. The molecule has 132 valence electrons. The van der Waals surface area contributed by atoms with Gasteiger partial charge in [0, 0.05) is 19.3 Å². The summed E-state index contributed by atoms with van der Waals surface area (Å²) in [5, 5.41) is 2.97. The van der Waals surface area contributed by atoms with Crippen molar-refractivity contribution < 1.29 is 9.53 Å². The van der Waals surface area contributed by atoms with E-state index in [4.69, 9.17) is 4.74 Å². The molecular weight excluding hydrogens is 314 g/mol. The number of hydrogen-bond donors (Lipinski definition) is 1. The van der Waals surface area contributed by atoms with Crippen LogP contribution in [0.1, 0.15) is 30.4 Å².